The van der Waals surface area contributed by atoms with Gasteiger partial charge >= 0.3 is 5.97 Å². The lowest BCUT2D eigenvalue weighted by molar-refractivity contribution is -0.139. The van der Waals surface area contributed by atoms with Gasteiger partial charge in [-0.05, 0) is 18.2 Å². The SMILES string of the molecule is COC(=O)Cc1nnc(NC(=O)c2cccc(Br)c2)s1. The molecule has 0 aliphatic rings. The van der Waals surface area contributed by atoms with Gasteiger partial charge in [-0.3, -0.25) is 14.9 Å². The van der Waals surface area contributed by atoms with Gasteiger partial charge in [-0.25, -0.2) is 0 Å². The number of halogens is 1. The lowest BCUT2D eigenvalue weighted by Gasteiger charge is -2.01. The van der Waals surface area contributed by atoms with Crippen LogP contribution in [0.25, 0.3) is 0 Å². The van der Waals surface area contributed by atoms with Gasteiger partial charge in [0.25, 0.3) is 5.91 Å². The number of nitrogens with one attached hydrogen (secondary N) is 1. The molecule has 1 heterocycles. The Morgan fingerprint density at radius 1 is 1.40 bits per heavy atom. The minimum Gasteiger partial charge on any atom is -0.469 e. The standard InChI is InChI=1S/C12H10BrN3O3S/c1-19-10(17)6-9-15-16-12(20-9)14-11(18)7-3-2-4-8(13)5-7/h2-5H,6H2,1H3,(H,14,16,18). The van der Waals surface area contributed by atoms with E-state index in [0.29, 0.717) is 15.7 Å². The summed E-state index contributed by atoms with van der Waals surface area (Å²) < 4.78 is 5.35. The normalized spacial score (nSPS) is 10.1. The number of rotatable bonds is 4. The van der Waals surface area contributed by atoms with Crippen molar-refractivity contribution in [1.29, 1.82) is 0 Å². The number of amides is 1. The van der Waals surface area contributed by atoms with Crippen LogP contribution in [-0.2, 0) is 16.0 Å². The van der Waals surface area contributed by atoms with Crippen molar-refractivity contribution >= 4 is 44.3 Å². The number of ether oxygens (including phenoxy) is 1. The van der Waals surface area contributed by atoms with E-state index in [4.69, 9.17) is 0 Å². The first-order chi connectivity index (χ1) is 9.58. The van der Waals surface area contributed by atoms with E-state index in [9.17, 15) is 9.59 Å². The zero-order valence-electron chi connectivity index (χ0n) is 10.4. The summed E-state index contributed by atoms with van der Waals surface area (Å²) in [5.74, 6) is -0.682. The van der Waals surface area contributed by atoms with E-state index >= 15 is 0 Å². The molecule has 8 heteroatoms. The highest BCUT2D eigenvalue weighted by Gasteiger charge is 2.12. The molecule has 1 amide bonds. The van der Waals surface area contributed by atoms with Crippen molar-refractivity contribution in [3.8, 4) is 0 Å². The number of aromatic nitrogens is 2. The van der Waals surface area contributed by atoms with E-state index in [1.54, 1.807) is 18.2 Å². The number of anilines is 1. The quantitative estimate of drug-likeness (QED) is 0.850. The summed E-state index contributed by atoms with van der Waals surface area (Å²) in [5.41, 5.74) is 0.504. The van der Waals surface area contributed by atoms with Gasteiger partial charge < -0.3 is 4.74 Å². The molecule has 1 aromatic carbocycles. The molecule has 0 fully saturated rings. The summed E-state index contributed by atoms with van der Waals surface area (Å²) >= 11 is 4.44. The maximum Gasteiger partial charge on any atom is 0.312 e. The molecule has 0 unspecified atom stereocenters. The Labute approximate surface area is 127 Å². The largest absolute Gasteiger partial charge is 0.469 e. The number of carbonyl (C=O) groups excluding carboxylic acids is 2. The maximum absolute atomic E-state index is 12.0. The van der Waals surface area contributed by atoms with Crippen LogP contribution in [0.4, 0.5) is 5.13 Å². The lowest BCUT2D eigenvalue weighted by atomic mass is 10.2. The van der Waals surface area contributed by atoms with Crippen molar-refractivity contribution in [2.75, 3.05) is 12.4 Å². The second kappa shape index (κ2) is 6.58. The third-order valence-electron chi connectivity index (χ3n) is 2.30. The first-order valence-electron chi connectivity index (χ1n) is 5.54. The fourth-order valence-electron chi connectivity index (χ4n) is 1.37. The van der Waals surface area contributed by atoms with Gasteiger partial charge in [0.05, 0.1) is 13.5 Å². The molecule has 0 aliphatic carbocycles. The van der Waals surface area contributed by atoms with Gasteiger partial charge in [-0.2, -0.15) is 0 Å². The van der Waals surface area contributed by atoms with Crippen LogP contribution in [-0.4, -0.2) is 29.2 Å². The number of hydrogen-bond donors (Lipinski definition) is 1. The van der Waals surface area contributed by atoms with Crippen molar-refractivity contribution < 1.29 is 14.3 Å². The van der Waals surface area contributed by atoms with E-state index in [-0.39, 0.29) is 12.3 Å². The molecule has 6 nitrogen and oxygen atoms in total. The number of methoxy groups -OCH3 is 1. The molecule has 1 aromatic heterocycles. The van der Waals surface area contributed by atoms with Gasteiger partial charge in [0.2, 0.25) is 5.13 Å². The molecular formula is C12H10BrN3O3S. The van der Waals surface area contributed by atoms with Crippen LogP contribution in [0.2, 0.25) is 0 Å². The summed E-state index contributed by atoms with van der Waals surface area (Å²) in [7, 11) is 1.30. The summed E-state index contributed by atoms with van der Waals surface area (Å²) in [4.78, 5) is 23.1. The smallest absolute Gasteiger partial charge is 0.312 e. The molecule has 1 N–H and O–H groups in total. The number of benzene rings is 1. The molecule has 104 valence electrons. The fourth-order valence-corrected chi connectivity index (χ4v) is 2.49. The Morgan fingerprint density at radius 3 is 2.90 bits per heavy atom. The minimum atomic E-state index is -0.397. The Hall–Kier alpha value is -1.80. The van der Waals surface area contributed by atoms with E-state index in [2.05, 4.69) is 36.2 Å². The predicted octanol–water partition coefficient (Wildman–Crippen LogP) is 2.27. The number of hydrogen-bond acceptors (Lipinski definition) is 6. The van der Waals surface area contributed by atoms with Crippen LogP contribution >= 0.6 is 27.3 Å². The van der Waals surface area contributed by atoms with Crippen molar-refractivity contribution in [3.63, 3.8) is 0 Å². The Kier molecular flexibility index (Phi) is 4.80. The summed E-state index contributed by atoms with van der Waals surface area (Å²) in [6.07, 6.45) is 0.0426. The highest BCUT2D eigenvalue weighted by molar-refractivity contribution is 9.10. The zero-order valence-corrected chi connectivity index (χ0v) is 12.8. The van der Waals surface area contributed by atoms with Crippen molar-refractivity contribution in [1.82, 2.24) is 10.2 Å². The molecular weight excluding hydrogens is 346 g/mol. The molecule has 20 heavy (non-hydrogen) atoms. The van der Waals surface area contributed by atoms with E-state index < -0.39 is 5.97 Å². The molecule has 0 saturated carbocycles. The molecule has 0 radical (unpaired) electrons. The van der Waals surface area contributed by atoms with Gasteiger partial charge in [0, 0.05) is 10.0 Å². The van der Waals surface area contributed by atoms with Crippen LogP contribution < -0.4 is 5.32 Å². The average Bonchev–Trinajstić information content (AvgIpc) is 2.85. The molecule has 0 spiro atoms. The van der Waals surface area contributed by atoms with Crippen molar-refractivity contribution in [2.45, 2.75) is 6.42 Å². The average molecular weight is 356 g/mol. The molecule has 2 aromatic rings. The number of esters is 1. The second-order valence-electron chi connectivity index (χ2n) is 3.72. The van der Waals surface area contributed by atoms with Crippen LogP contribution in [0.15, 0.2) is 28.7 Å². The third-order valence-corrected chi connectivity index (χ3v) is 3.63. The molecule has 0 saturated heterocycles. The van der Waals surface area contributed by atoms with Crippen LogP contribution in [0, 0.1) is 0 Å². The fraction of sp³-hybridized carbons (Fsp3) is 0.167. The maximum atomic E-state index is 12.0. The minimum absolute atomic E-state index is 0.0426. The zero-order chi connectivity index (χ0) is 14.5. The van der Waals surface area contributed by atoms with E-state index in [1.165, 1.54) is 7.11 Å². The summed E-state index contributed by atoms with van der Waals surface area (Å²) in [6.45, 7) is 0. The van der Waals surface area contributed by atoms with Gasteiger partial charge in [-0.15, -0.1) is 10.2 Å². The van der Waals surface area contributed by atoms with Crippen molar-refractivity contribution in [2.24, 2.45) is 0 Å². The summed E-state index contributed by atoms with van der Waals surface area (Å²) in [6, 6.07) is 6.99. The third kappa shape index (κ3) is 3.84. The van der Waals surface area contributed by atoms with Gasteiger partial charge in [0.15, 0.2) is 0 Å². The number of nitrogens with zero attached hydrogens (tertiary/aromatic N) is 2. The first kappa shape index (κ1) is 14.6. The highest BCUT2D eigenvalue weighted by atomic mass is 79.9. The Bertz CT molecular complexity index is 644. The van der Waals surface area contributed by atoms with E-state index in [0.717, 1.165) is 15.8 Å². The molecule has 0 aliphatic heterocycles. The number of carbonyl (C=O) groups is 2. The van der Waals surface area contributed by atoms with Crippen LogP contribution in [0.3, 0.4) is 0 Å². The lowest BCUT2D eigenvalue weighted by Crippen LogP contribution is -2.11. The molecule has 0 bridgehead atoms. The van der Waals surface area contributed by atoms with Crippen molar-refractivity contribution in [3.05, 3.63) is 39.3 Å². The van der Waals surface area contributed by atoms with Gasteiger partial charge in [0.1, 0.15) is 5.01 Å². The van der Waals surface area contributed by atoms with E-state index in [1.807, 2.05) is 6.07 Å². The highest BCUT2D eigenvalue weighted by Crippen LogP contribution is 2.18. The van der Waals surface area contributed by atoms with Crippen LogP contribution in [0.1, 0.15) is 15.4 Å². The Morgan fingerprint density at radius 2 is 2.20 bits per heavy atom. The monoisotopic (exact) mass is 355 g/mol. The van der Waals surface area contributed by atoms with Gasteiger partial charge in [-0.1, -0.05) is 33.3 Å². The second-order valence-corrected chi connectivity index (χ2v) is 5.70. The molecule has 0 atom stereocenters. The first-order valence-corrected chi connectivity index (χ1v) is 7.15. The van der Waals surface area contributed by atoms with Crippen LogP contribution in [0.5, 0.6) is 0 Å². The summed E-state index contributed by atoms with van der Waals surface area (Å²) in [5, 5.41) is 11.1. The Balaban J connectivity index is 2.03. The topological polar surface area (TPSA) is 81.2 Å². The molecule has 2 rings (SSSR count). The predicted molar refractivity (Wildman–Crippen MR) is 77.7 cm³/mol.